The highest BCUT2D eigenvalue weighted by Gasteiger charge is 2.20. The number of oxazole rings is 1. The van der Waals surface area contributed by atoms with Gasteiger partial charge in [0.25, 0.3) is 10.0 Å². The number of rotatable bonds is 3. The Morgan fingerprint density at radius 1 is 1.12 bits per heavy atom. The molecule has 126 valence electrons. The molecule has 0 bridgehead atoms. The van der Waals surface area contributed by atoms with Crippen molar-refractivity contribution in [1.29, 1.82) is 0 Å². The number of aryl methyl sites for hydroxylation is 2. The largest absolute Gasteiger partial charge is 0.419 e. The van der Waals surface area contributed by atoms with E-state index in [-0.39, 0.29) is 15.6 Å². The Kier molecular flexibility index (Phi) is 4.11. The lowest BCUT2D eigenvalue weighted by Crippen LogP contribution is -2.15. The molecule has 0 atom stereocenters. The van der Waals surface area contributed by atoms with E-state index in [1.54, 1.807) is 6.92 Å². The summed E-state index contributed by atoms with van der Waals surface area (Å²) in [6.07, 6.45) is 0. The number of hydrogen-bond acceptors (Lipinski definition) is 4. The smallest absolute Gasteiger partial charge is 0.408 e. The lowest BCUT2D eigenvalue weighted by molar-refractivity contribution is 0.528. The standard InChI is InChI=1S/C15H12Cl2N2O4S/c1-8-5-13-12(19(2)15(20)23-13)7-14(8)24(21,22)18-9-3-4-10(16)11(17)6-9/h3-7,18H,1-2H3. The average Bonchev–Trinajstić information content (AvgIpc) is 2.76. The van der Waals surface area contributed by atoms with Gasteiger partial charge in [0, 0.05) is 7.05 Å². The zero-order chi connectivity index (χ0) is 17.6. The molecule has 0 spiro atoms. The third-order valence-corrected chi connectivity index (χ3v) is 5.81. The van der Waals surface area contributed by atoms with Crippen LogP contribution in [-0.4, -0.2) is 13.0 Å². The van der Waals surface area contributed by atoms with E-state index < -0.39 is 15.8 Å². The molecule has 24 heavy (non-hydrogen) atoms. The second-order valence-electron chi connectivity index (χ2n) is 5.25. The minimum absolute atomic E-state index is 0.0393. The first-order valence-corrected chi connectivity index (χ1v) is 9.01. The van der Waals surface area contributed by atoms with Crippen LogP contribution in [0, 0.1) is 6.92 Å². The predicted molar refractivity (Wildman–Crippen MR) is 93.5 cm³/mol. The minimum atomic E-state index is -3.88. The second-order valence-corrected chi connectivity index (χ2v) is 7.71. The highest BCUT2D eigenvalue weighted by molar-refractivity contribution is 7.92. The number of sulfonamides is 1. The molecule has 0 aliphatic heterocycles. The maximum Gasteiger partial charge on any atom is 0.419 e. The molecule has 0 amide bonds. The number of benzene rings is 2. The number of nitrogens with zero attached hydrogens (tertiary/aromatic N) is 1. The maximum atomic E-state index is 12.7. The molecule has 2 aromatic carbocycles. The zero-order valence-corrected chi connectivity index (χ0v) is 15.0. The van der Waals surface area contributed by atoms with Crippen molar-refractivity contribution in [1.82, 2.24) is 4.57 Å². The van der Waals surface area contributed by atoms with Crippen LogP contribution in [0.3, 0.4) is 0 Å². The van der Waals surface area contributed by atoms with Crippen molar-refractivity contribution in [2.24, 2.45) is 7.05 Å². The van der Waals surface area contributed by atoms with Crippen molar-refractivity contribution < 1.29 is 12.8 Å². The summed E-state index contributed by atoms with van der Waals surface area (Å²) in [7, 11) is -2.38. The lowest BCUT2D eigenvalue weighted by Gasteiger charge is -2.11. The van der Waals surface area contributed by atoms with Gasteiger partial charge in [0.2, 0.25) is 0 Å². The average molecular weight is 387 g/mol. The Hall–Kier alpha value is -1.96. The quantitative estimate of drug-likeness (QED) is 0.745. The van der Waals surface area contributed by atoms with Crippen molar-refractivity contribution in [3.05, 3.63) is 56.5 Å². The monoisotopic (exact) mass is 386 g/mol. The third kappa shape index (κ3) is 2.90. The Balaban J connectivity index is 2.10. The highest BCUT2D eigenvalue weighted by atomic mass is 35.5. The molecule has 0 aliphatic carbocycles. The van der Waals surface area contributed by atoms with Crippen LogP contribution in [0.25, 0.3) is 11.1 Å². The zero-order valence-electron chi connectivity index (χ0n) is 12.6. The van der Waals surface area contributed by atoms with Crippen LogP contribution in [0.2, 0.25) is 10.0 Å². The molecule has 6 nitrogen and oxygen atoms in total. The van der Waals surface area contributed by atoms with Gasteiger partial charge >= 0.3 is 5.76 Å². The summed E-state index contributed by atoms with van der Waals surface area (Å²) in [5.74, 6) is -0.559. The van der Waals surface area contributed by atoms with Crippen molar-refractivity contribution >= 4 is 50.0 Å². The van der Waals surface area contributed by atoms with Crippen LogP contribution in [0.15, 0.2) is 44.4 Å². The van der Waals surface area contributed by atoms with Gasteiger partial charge in [-0.15, -0.1) is 0 Å². The fourth-order valence-electron chi connectivity index (χ4n) is 2.31. The predicted octanol–water partition coefficient (Wildman–Crippen LogP) is 3.55. The molecule has 3 aromatic rings. The number of halogens is 2. The molecule has 1 heterocycles. The van der Waals surface area contributed by atoms with Gasteiger partial charge in [0.1, 0.15) is 0 Å². The van der Waals surface area contributed by atoms with Crippen LogP contribution in [0.1, 0.15) is 5.56 Å². The molecule has 1 aromatic heterocycles. The van der Waals surface area contributed by atoms with E-state index in [1.165, 1.54) is 41.9 Å². The molecule has 0 saturated carbocycles. The maximum absolute atomic E-state index is 12.7. The van der Waals surface area contributed by atoms with Crippen LogP contribution in [0.4, 0.5) is 5.69 Å². The van der Waals surface area contributed by atoms with Crippen LogP contribution in [-0.2, 0) is 17.1 Å². The topological polar surface area (TPSA) is 81.3 Å². The van der Waals surface area contributed by atoms with Crippen LogP contribution < -0.4 is 10.5 Å². The van der Waals surface area contributed by atoms with Crippen LogP contribution in [0.5, 0.6) is 0 Å². The van der Waals surface area contributed by atoms with Crippen LogP contribution >= 0.6 is 23.2 Å². The van der Waals surface area contributed by atoms with E-state index in [4.69, 9.17) is 27.6 Å². The van der Waals surface area contributed by atoms with E-state index in [0.29, 0.717) is 21.7 Å². The van der Waals surface area contributed by atoms with Gasteiger partial charge < -0.3 is 4.42 Å². The van der Waals surface area contributed by atoms with Gasteiger partial charge in [-0.3, -0.25) is 9.29 Å². The summed E-state index contributed by atoms with van der Waals surface area (Å²) in [5.41, 5.74) is 1.45. The normalized spacial score (nSPS) is 11.8. The van der Waals surface area contributed by atoms with Crippen molar-refractivity contribution in [3.63, 3.8) is 0 Å². The van der Waals surface area contributed by atoms with Gasteiger partial charge in [-0.2, -0.15) is 0 Å². The Morgan fingerprint density at radius 3 is 2.50 bits per heavy atom. The van der Waals surface area contributed by atoms with Crippen molar-refractivity contribution in [3.8, 4) is 0 Å². The van der Waals surface area contributed by atoms with Gasteiger partial charge in [0.15, 0.2) is 5.58 Å². The molecule has 0 radical (unpaired) electrons. The fourth-order valence-corrected chi connectivity index (χ4v) is 3.91. The summed E-state index contributed by atoms with van der Waals surface area (Å²) in [4.78, 5) is 11.6. The summed E-state index contributed by atoms with van der Waals surface area (Å²) >= 11 is 11.7. The third-order valence-electron chi connectivity index (χ3n) is 3.55. The first-order valence-electron chi connectivity index (χ1n) is 6.77. The first-order chi connectivity index (χ1) is 11.2. The number of hydrogen-bond donors (Lipinski definition) is 1. The minimum Gasteiger partial charge on any atom is -0.408 e. The number of aromatic nitrogens is 1. The van der Waals surface area contributed by atoms with Gasteiger partial charge in [-0.05, 0) is 42.8 Å². The van der Waals surface area contributed by atoms with E-state index in [9.17, 15) is 13.2 Å². The fraction of sp³-hybridized carbons (Fsp3) is 0.133. The number of nitrogens with one attached hydrogen (secondary N) is 1. The molecule has 1 N–H and O–H groups in total. The Labute approximate surface area is 147 Å². The number of anilines is 1. The molecule has 0 aliphatic rings. The van der Waals surface area contributed by atoms with Crippen molar-refractivity contribution in [2.75, 3.05) is 4.72 Å². The molecule has 0 fully saturated rings. The Bertz CT molecular complexity index is 1120. The molecular formula is C15H12Cl2N2O4S. The van der Waals surface area contributed by atoms with E-state index >= 15 is 0 Å². The summed E-state index contributed by atoms with van der Waals surface area (Å²) in [5, 5.41) is 0.562. The van der Waals surface area contributed by atoms with Gasteiger partial charge in [-0.1, -0.05) is 23.2 Å². The van der Waals surface area contributed by atoms with Crippen molar-refractivity contribution in [2.45, 2.75) is 11.8 Å². The van der Waals surface area contributed by atoms with Gasteiger partial charge in [-0.25, -0.2) is 13.2 Å². The first kappa shape index (κ1) is 16.9. The number of fused-ring (bicyclic) bond motifs is 1. The van der Waals surface area contributed by atoms with E-state index in [2.05, 4.69) is 4.72 Å². The SMILES string of the molecule is Cc1cc2oc(=O)n(C)c2cc1S(=O)(=O)Nc1ccc(Cl)c(Cl)c1. The second kappa shape index (κ2) is 5.84. The molecule has 9 heteroatoms. The summed E-state index contributed by atoms with van der Waals surface area (Å²) in [6, 6.07) is 7.34. The summed E-state index contributed by atoms with van der Waals surface area (Å²) < 4.78 is 34.1. The molecule has 0 saturated heterocycles. The highest BCUT2D eigenvalue weighted by Crippen LogP contribution is 2.28. The molecular weight excluding hydrogens is 375 g/mol. The van der Waals surface area contributed by atoms with Gasteiger partial charge in [0.05, 0.1) is 26.1 Å². The van der Waals surface area contributed by atoms with E-state index in [0.717, 1.165) is 0 Å². The Morgan fingerprint density at radius 2 is 1.83 bits per heavy atom. The lowest BCUT2D eigenvalue weighted by atomic mass is 10.2. The van der Waals surface area contributed by atoms with E-state index in [1.807, 2.05) is 0 Å². The molecule has 0 unspecified atom stereocenters. The molecule has 3 rings (SSSR count). The summed E-state index contributed by atoms with van der Waals surface area (Å²) in [6.45, 7) is 1.62.